The first-order valence-electron chi connectivity index (χ1n) is 7.83. The summed E-state index contributed by atoms with van der Waals surface area (Å²) >= 11 is 0. The average Bonchev–Trinajstić information content (AvgIpc) is 2.97. The van der Waals surface area contributed by atoms with Crippen molar-refractivity contribution in [2.75, 3.05) is 31.6 Å². The predicted molar refractivity (Wildman–Crippen MR) is 89.0 cm³/mol. The van der Waals surface area contributed by atoms with E-state index in [9.17, 15) is 18.0 Å². The fourth-order valence-corrected chi connectivity index (χ4v) is 4.25. The summed E-state index contributed by atoms with van der Waals surface area (Å²) in [6.45, 7) is 4.60. The number of nitrogens with zero attached hydrogens (tertiary/aromatic N) is 2. The first-order valence-corrected chi connectivity index (χ1v) is 9.27. The maximum Gasteiger partial charge on any atom is 0.311 e. The Morgan fingerprint density at radius 3 is 2.33 bits per heavy atom. The smallest absolute Gasteiger partial charge is 0.311 e. The van der Waals surface area contributed by atoms with Crippen molar-refractivity contribution in [3.8, 4) is 0 Å². The Kier molecular flexibility index (Phi) is 5.61. The van der Waals surface area contributed by atoms with Gasteiger partial charge in [-0.1, -0.05) is 13.8 Å². The van der Waals surface area contributed by atoms with Crippen LogP contribution in [0.5, 0.6) is 0 Å². The minimum atomic E-state index is -3.53. The van der Waals surface area contributed by atoms with Crippen molar-refractivity contribution in [3.05, 3.63) is 24.3 Å². The molecule has 1 atom stereocenters. The molecule has 7 nitrogen and oxygen atoms in total. The number of sulfonamides is 1. The van der Waals surface area contributed by atoms with Crippen LogP contribution in [0.15, 0.2) is 29.2 Å². The lowest BCUT2D eigenvalue weighted by atomic mass is 10.1. The third-order valence-electron chi connectivity index (χ3n) is 4.15. The second-order valence-corrected chi connectivity index (χ2v) is 7.45. The molecule has 1 aliphatic rings. The van der Waals surface area contributed by atoms with Gasteiger partial charge in [0, 0.05) is 31.7 Å². The van der Waals surface area contributed by atoms with Gasteiger partial charge in [0.15, 0.2) is 0 Å². The minimum Gasteiger partial charge on any atom is -0.469 e. The molecule has 1 amide bonds. The Bertz CT molecular complexity index is 710. The highest BCUT2D eigenvalue weighted by Gasteiger charge is 2.36. The van der Waals surface area contributed by atoms with E-state index >= 15 is 0 Å². The first-order chi connectivity index (χ1) is 11.3. The fourth-order valence-electron chi connectivity index (χ4n) is 2.79. The molecule has 1 heterocycles. The Balaban J connectivity index is 2.21. The monoisotopic (exact) mass is 354 g/mol. The number of carbonyl (C=O) groups excluding carboxylic acids is 2. The topological polar surface area (TPSA) is 84.0 Å². The summed E-state index contributed by atoms with van der Waals surface area (Å²) < 4.78 is 31.0. The van der Waals surface area contributed by atoms with Crippen molar-refractivity contribution in [3.63, 3.8) is 0 Å². The van der Waals surface area contributed by atoms with Gasteiger partial charge < -0.3 is 9.64 Å². The lowest BCUT2D eigenvalue weighted by Gasteiger charge is -2.20. The largest absolute Gasteiger partial charge is 0.469 e. The van der Waals surface area contributed by atoms with Crippen LogP contribution in [0.4, 0.5) is 5.69 Å². The molecule has 1 aromatic rings. The van der Waals surface area contributed by atoms with E-state index in [0.29, 0.717) is 18.8 Å². The maximum atomic E-state index is 12.5. The van der Waals surface area contributed by atoms with Crippen LogP contribution in [-0.4, -0.2) is 51.3 Å². The third kappa shape index (κ3) is 3.44. The van der Waals surface area contributed by atoms with E-state index < -0.39 is 21.9 Å². The number of methoxy groups -OCH3 is 1. The molecule has 1 aliphatic heterocycles. The zero-order valence-electron chi connectivity index (χ0n) is 14.1. The van der Waals surface area contributed by atoms with E-state index in [1.54, 1.807) is 26.0 Å². The molecule has 0 radical (unpaired) electrons. The van der Waals surface area contributed by atoms with Crippen LogP contribution in [0.3, 0.4) is 0 Å². The summed E-state index contributed by atoms with van der Waals surface area (Å²) in [6.07, 6.45) is 0.103. The minimum absolute atomic E-state index is 0.103. The van der Waals surface area contributed by atoms with Crippen molar-refractivity contribution in [2.45, 2.75) is 25.2 Å². The molecule has 24 heavy (non-hydrogen) atoms. The molecule has 0 N–H and O–H groups in total. The Morgan fingerprint density at radius 1 is 1.25 bits per heavy atom. The summed E-state index contributed by atoms with van der Waals surface area (Å²) in [5.74, 6) is -1.07. The number of esters is 1. The van der Waals surface area contributed by atoms with Gasteiger partial charge in [0.2, 0.25) is 15.9 Å². The van der Waals surface area contributed by atoms with Gasteiger partial charge in [-0.2, -0.15) is 4.31 Å². The van der Waals surface area contributed by atoms with E-state index in [1.807, 2.05) is 0 Å². The molecule has 1 fully saturated rings. The van der Waals surface area contributed by atoms with Crippen LogP contribution >= 0.6 is 0 Å². The second-order valence-electron chi connectivity index (χ2n) is 5.51. The molecular weight excluding hydrogens is 332 g/mol. The molecule has 0 unspecified atom stereocenters. The highest BCUT2D eigenvalue weighted by molar-refractivity contribution is 7.89. The van der Waals surface area contributed by atoms with Crippen molar-refractivity contribution < 1.29 is 22.7 Å². The Labute approximate surface area is 142 Å². The lowest BCUT2D eigenvalue weighted by molar-refractivity contribution is -0.145. The van der Waals surface area contributed by atoms with Crippen molar-refractivity contribution in [2.24, 2.45) is 5.92 Å². The average molecular weight is 354 g/mol. The molecule has 0 spiro atoms. The van der Waals surface area contributed by atoms with Crippen LogP contribution in [0.25, 0.3) is 0 Å². The number of hydrogen-bond donors (Lipinski definition) is 0. The fraction of sp³-hybridized carbons (Fsp3) is 0.500. The van der Waals surface area contributed by atoms with Crippen molar-refractivity contribution >= 4 is 27.6 Å². The zero-order chi connectivity index (χ0) is 17.9. The van der Waals surface area contributed by atoms with Gasteiger partial charge in [0.25, 0.3) is 0 Å². The number of carbonyl (C=O) groups is 2. The lowest BCUT2D eigenvalue weighted by Crippen LogP contribution is -2.30. The van der Waals surface area contributed by atoms with Gasteiger partial charge in [-0.25, -0.2) is 8.42 Å². The van der Waals surface area contributed by atoms with Crippen molar-refractivity contribution in [1.29, 1.82) is 0 Å². The molecule has 0 saturated carbocycles. The van der Waals surface area contributed by atoms with Gasteiger partial charge >= 0.3 is 5.97 Å². The van der Waals surface area contributed by atoms with Crippen LogP contribution < -0.4 is 4.90 Å². The summed E-state index contributed by atoms with van der Waals surface area (Å²) in [7, 11) is -2.23. The number of hydrogen-bond acceptors (Lipinski definition) is 5. The normalized spacial score (nSPS) is 18.2. The third-order valence-corrected chi connectivity index (χ3v) is 6.22. The van der Waals surface area contributed by atoms with E-state index in [0.717, 1.165) is 0 Å². The highest BCUT2D eigenvalue weighted by atomic mass is 32.2. The van der Waals surface area contributed by atoms with Gasteiger partial charge in [-0.15, -0.1) is 0 Å². The van der Waals surface area contributed by atoms with Gasteiger partial charge in [-0.05, 0) is 24.3 Å². The number of amides is 1. The number of anilines is 1. The molecule has 0 bridgehead atoms. The van der Waals surface area contributed by atoms with E-state index in [2.05, 4.69) is 4.74 Å². The molecule has 0 aliphatic carbocycles. The molecule has 132 valence electrons. The van der Waals surface area contributed by atoms with Crippen molar-refractivity contribution in [1.82, 2.24) is 4.31 Å². The van der Waals surface area contributed by atoms with Gasteiger partial charge in [0.05, 0.1) is 17.9 Å². The standard InChI is InChI=1S/C16H22N2O5S/c1-4-17(5-2)24(21,22)14-8-6-13(7-9-14)18-11-12(10-15(18)19)16(20)23-3/h6-9,12H,4-5,10-11H2,1-3H3/t12-/m1/s1. The number of ether oxygens (including phenoxy) is 1. The van der Waals surface area contributed by atoms with E-state index in [-0.39, 0.29) is 23.8 Å². The Hall–Kier alpha value is -1.93. The van der Waals surface area contributed by atoms with E-state index in [4.69, 9.17) is 0 Å². The highest BCUT2D eigenvalue weighted by Crippen LogP contribution is 2.27. The second kappa shape index (κ2) is 7.31. The van der Waals surface area contributed by atoms with Crippen LogP contribution in [0, 0.1) is 5.92 Å². The molecule has 0 aromatic heterocycles. The molecule has 2 rings (SSSR count). The Morgan fingerprint density at radius 2 is 1.83 bits per heavy atom. The summed E-state index contributed by atoms with van der Waals surface area (Å²) in [5.41, 5.74) is 0.574. The SMILES string of the molecule is CCN(CC)S(=O)(=O)c1ccc(N2C[C@H](C(=O)OC)CC2=O)cc1. The summed E-state index contributed by atoms with van der Waals surface area (Å²) in [4.78, 5) is 25.3. The molecule has 1 aromatic carbocycles. The molecular formula is C16H22N2O5S. The maximum absolute atomic E-state index is 12.5. The van der Waals surface area contributed by atoms with Crippen LogP contribution in [-0.2, 0) is 24.3 Å². The van der Waals surface area contributed by atoms with Crippen LogP contribution in [0.2, 0.25) is 0 Å². The zero-order valence-corrected chi connectivity index (χ0v) is 14.9. The summed E-state index contributed by atoms with van der Waals surface area (Å²) in [6, 6.07) is 6.16. The number of benzene rings is 1. The number of rotatable bonds is 6. The molecule has 1 saturated heterocycles. The van der Waals surface area contributed by atoms with E-state index in [1.165, 1.54) is 28.4 Å². The summed E-state index contributed by atoms with van der Waals surface area (Å²) in [5, 5.41) is 0. The quantitative estimate of drug-likeness (QED) is 0.718. The van der Waals surface area contributed by atoms with Gasteiger partial charge in [-0.3, -0.25) is 9.59 Å². The molecule has 8 heteroatoms. The predicted octanol–water partition coefficient (Wildman–Crippen LogP) is 1.24. The van der Waals surface area contributed by atoms with Crippen LogP contribution in [0.1, 0.15) is 20.3 Å². The van der Waals surface area contributed by atoms with Gasteiger partial charge in [0.1, 0.15) is 0 Å². The first kappa shape index (κ1) is 18.4.